The van der Waals surface area contributed by atoms with Crippen molar-refractivity contribution in [1.29, 1.82) is 10.7 Å². The van der Waals surface area contributed by atoms with Crippen LogP contribution in [-0.4, -0.2) is 71.9 Å². The first-order chi connectivity index (χ1) is 19.8. The highest BCUT2D eigenvalue weighted by molar-refractivity contribution is 6.10. The van der Waals surface area contributed by atoms with Gasteiger partial charge in [0.05, 0.1) is 25.3 Å². The van der Waals surface area contributed by atoms with E-state index < -0.39 is 23.4 Å². The minimum atomic E-state index is -1.55. The molecular weight excluding hydrogens is 527 g/mol. The fourth-order valence-electron chi connectivity index (χ4n) is 5.22. The zero-order valence-corrected chi connectivity index (χ0v) is 22.3. The first kappa shape index (κ1) is 27.3. The average molecular weight is 555 g/mol. The molecule has 2 aliphatic heterocycles. The summed E-state index contributed by atoms with van der Waals surface area (Å²) in [6.45, 7) is 1.45. The molecule has 2 N–H and O–H groups in total. The van der Waals surface area contributed by atoms with E-state index in [0.29, 0.717) is 54.0 Å². The largest absolute Gasteiger partial charge is 0.453 e. The third kappa shape index (κ3) is 5.07. The van der Waals surface area contributed by atoms with Crippen molar-refractivity contribution in [2.75, 3.05) is 33.3 Å². The van der Waals surface area contributed by atoms with Gasteiger partial charge < -0.3 is 19.9 Å². The lowest BCUT2D eigenvalue weighted by atomic mass is 9.82. The summed E-state index contributed by atoms with van der Waals surface area (Å²) in [6.07, 6.45) is -0.429. The summed E-state index contributed by atoms with van der Waals surface area (Å²) in [5, 5.41) is 21.2. The monoisotopic (exact) mass is 554 g/mol. The van der Waals surface area contributed by atoms with E-state index in [-0.39, 0.29) is 18.4 Å². The number of nitrogens with zero attached hydrogens (tertiary/aromatic N) is 4. The van der Waals surface area contributed by atoms with Crippen LogP contribution in [0.5, 0.6) is 0 Å². The minimum Gasteiger partial charge on any atom is -0.453 e. The van der Waals surface area contributed by atoms with Gasteiger partial charge in [0.2, 0.25) is 0 Å². The molecule has 0 bridgehead atoms. The van der Waals surface area contributed by atoms with E-state index in [0.717, 1.165) is 0 Å². The van der Waals surface area contributed by atoms with Gasteiger partial charge in [0.25, 0.3) is 11.8 Å². The number of halogens is 1. The third-order valence-corrected chi connectivity index (χ3v) is 7.36. The van der Waals surface area contributed by atoms with Crippen molar-refractivity contribution in [1.82, 2.24) is 20.0 Å². The Kier molecular flexibility index (Phi) is 7.40. The molecule has 11 heteroatoms. The Labute approximate surface area is 236 Å². The molecule has 5 rings (SSSR count). The summed E-state index contributed by atoms with van der Waals surface area (Å²) < 4.78 is 18.6. The van der Waals surface area contributed by atoms with E-state index in [4.69, 9.17) is 10.1 Å². The van der Waals surface area contributed by atoms with E-state index in [9.17, 15) is 24.0 Å². The predicted molar refractivity (Wildman–Crippen MR) is 146 cm³/mol. The summed E-state index contributed by atoms with van der Waals surface area (Å²) >= 11 is 0. The molecule has 0 spiro atoms. The smallest absolute Gasteiger partial charge is 0.409 e. The standard InChI is InChI=1S/C30H27FN6O4/c1-41-29(40)36-14-12-35(13-15-36)26(38)22-6-2-5-21(16-22)19-37-27(39)30(34-28(37)33,23-8-10-25(31)11-9-23)24-7-3-4-20(17-24)18-32/h2-11,16-17H,12-15,19H2,1H3,(H2,33,34)/t30-/m1/s1. The second-order valence-electron chi connectivity index (χ2n) is 9.76. The number of rotatable bonds is 5. The Balaban J connectivity index is 1.41. The van der Waals surface area contributed by atoms with Crippen molar-refractivity contribution in [3.05, 3.63) is 106 Å². The first-order valence-corrected chi connectivity index (χ1v) is 12.9. The SMILES string of the molecule is COC(=O)N1CCN(C(=O)c2cccc(CN3C(=N)N[C@](c4ccc(F)cc4)(c4cccc(C#N)c4)C3=O)c2)CC1. The lowest BCUT2D eigenvalue weighted by Gasteiger charge is -2.34. The minimum absolute atomic E-state index is 0.00277. The van der Waals surface area contributed by atoms with E-state index >= 15 is 0 Å². The van der Waals surface area contributed by atoms with Gasteiger partial charge in [0.15, 0.2) is 11.5 Å². The molecule has 0 unspecified atom stereocenters. The molecule has 3 amide bonds. The van der Waals surface area contributed by atoms with Gasteiger partial charge in [-0.1, -0.05) is 36.4 Å². The van der Waals surface area contributed by atoms with Gasteiger partial charge in [-0.25, -0.2) is 9.18 Å². The number of guanidine groups is 1. The quantitative estimate of drug-likeness (QED) is 0.499. The molecule has 1 atom stereocenters. The van der Waals surface area contributed by atoms with Crippen LogP contribution in [0.4, 0.5) is 9.18 Å². The van der Waals surface area contributed by atoms with Crippen LogP contribution < -0.4 is 5.32 Å². The van der Waals surface area contributed by atoms with E-state index in [1.54, 1.807) is 53.4 Å². The maximum atomic E-state index is 14.1. The molecule has 2 saturated heterocycles. The fraction of sp³-hybridized carbons (Fsp3) is 0.233. The summed E-state index contributed by atoms with van der Waals surface area (Å²) in [6, 6.07) is 20.9. The van der Waals surface area contributed by atoms with Gasteiger partial charge >= 0.3 is 6.09 Å². The van der Waals surface area contributed by atoms with Crippen molar-refractivity contribution in [3.63, 3.8) is 0 Å². The van der Waals surface area contributed by atoms with Crippen molar-refractivity contribution in [2.45, 2.75) is 12.1 Å². The van der Waals surface area contributed by atoms with Gasteiger partial charge in [-0.05, 0) is 53.1 Å². The molecule has 3 aromatic carbocycles. The van der Waals surface area contributed by atoms with Gasteiger partial charge in [0, 0.05) is 31.7 Å². The molecule has 2 heterocycles. The molecule has 0 radical (unpaired) electrons. The summed E-state index contributed by atoms with van der Waals surface area (Å²) in [5.74, 6) is -1.32. The zero-order chi connectivity index (χ0) is 29.1. The molecule has 2 aliphatic rings. The van der Waals surface area contributed by atoms with Gasteiger partial charge in [0.1, 0.15) is 5.82 Å². The molecule has 10 nitrogen and oxygen atoms in total. The second-order valence-corrected chi connectivity index (χ2v) is 9.76. The number of nitrogens with one attached hydrogen (secondary N) is 2. The van der Waals surface area contributed by atoms with E-state index in [2.05, 4.69) is 11.4 Å². The van der Waals surface area contributed by atoms with Crippen LogP contribution in [0.3, 0.4) is 0 Å². The zero-order valence-electron chi connectivity index (χ0n) is 22.3. The molecular formula is C30H27FN6O4. The number of hydrogen-bond donors (Lipinski definition) is 2. The number of carbonyl (C=O) groups excluding carboxylic acids is 3. The maximum absolute atomic E-state index is 14.1. The van der Waals surface area contributed by atoms with Crippen LogP contribution in [0.25, 0.3) is 0 Å². The number of benzene rings is 3. The number of carbonyl (C=O) groups is 3. The van der Waals surface area contributed by atoms with Gasteiger partial charge in [-0.3, -0.25) is 19.9 Å². The summed E-state index contributed by atoms with van der Waals surface area (Å²) in [5.41, 5.74) is 0.694. The second kappa shape index (κ2) is 11.1. The average Bonchev–Trinajstić information content (AvgIpc) is 3.26. The van der Waals surface area contributed by atoms with E-state index in [1.165, 1.54) is 41.2 Å². The molecule has 41 heavy (non-hydrogen) atoms. The van der Waals surface area contributed by atoms with Crippen LogP contribution in [0, 0.1) is 22.6 Å². The lowest BCUT2D eigenvalue weighted by Crippen LogP contribution is -2.50. The molecule has 2 fully saturated rings. The third-order valence-electron chi connectivity index (χ3n) is 7.36. The normalized spacial score (nSPS) is 18.6. The van der Waals surface area contributed by atoms with Gasteiger partial charge in [-0.2, -0.15) is 5.26 Å². The highest BCUT2D eigenvalue weighted by Gasteiger charge is 2.52. The number of amides is 3. The lowest BCUT2D eigenvalue weighted by molar-refractivity contribution is -0.130. The summed E-state index contributed by atoms with van der Waals surface area (Å²) in [4.78, 5) is 43.6. The Bertz CT molecular complexity index is 1560. The number of hydrogen-bond acceptors (Lipinski definition) is 6. The van der Waals surface area contributed by atoms with Crippen LogP contribution in [-0.2, 0) is 21.6 Å². The van der Waals surface area contributed by atoms with Crippen molar-refractivity contribution in [3.8, 4) is 6.07 Å². The van der Waals surface area contributed by atoms with Crippen LogP contribution in [0.2, 0.25) is 0 Å². The number of nitriles is 1. The van der Waals surface area contributed by atoms with Crippen LogP contribution in [0.1, 0.15) is 32.6 Å². The summed E-state index contributed by atoms with van der Waals surface area (Å²) in [7, 11) is 1.32. The van der Waals surface area contributed by atoms with Crippen molar-refractivity contribution in [2.24, 2.45) is 0 Å². The highest BCUT2D eigenvalue weighted by Crippen LogP contribution is 2.37. The Hall–Kier alpha value is -5.24. The topological polar surface area (TPSA) is 130 Å². The molecule has 0 aromatic heterocycles. The molecule has 3 aromatic rings. The number of ether oxygens (including phenoxy) is 1. The van der Waals surface area contributed by atoms with Crippen LogP contribution in [0.15, 0.2) is 72.8 Å². The van der Waals surface area contributed by atoms with Crippen molar-refractivity contribution < 1.29 is 23.5 Å². The predicted octanol–water partition coefficient (Wildman–Crippen LogP) is 3.03. The molecule has 0 saturated carbocycles. The molecule has 0 aliphatic carbocycles. The Morgan fingerprint density at radius 1 is 1.00 bits per heavy atom. The first-order valence-electron chi connectivity index (χ1n) is 12.9. The fourth-order valence-corrected chi connectivity index (χ4v) is 5.22. The Morgan fingerprint density at radius 3 is 2.37 bits per heavy atom. The number of methoxy groups -OCH3 is 1. The highest BCUT2D eigenvalue weighted by atomic mass is 19.1. The van der Waals surface area contributed by atoms with Crippen LogP contribution >= 0.6 is 0 Å². The molecule has 208 valence electrons. The number of piperazine rings is 1. The van der Waals surface area contributed by atoms with Gasteiger partial charge in [-0.15, -0.1) is 0 Å². The maximum Gasteiger partial charge on any atom is 0.409 e. The Morgan fingerprint density at radius 2 is 1.68 bits per heavy atom. The van der Waals surface area contributed by atoms with E-state index in [1.807, 2.05) is 0 Å². The van der Waals surface area contributed by atoms with Crippen molar-refractivity contribution >= 4 is 23.9 Å².